The predicted molar refractivity (Wildman–Crippen MR) is 74.5 cm³/mol. The van der Waals surface area contributed by atoms with Crippen molar-refractivity contribution in [1.82, 2.24) is 15.1 Å². The number of primary amides is 1. The second-order valence-electron chi connectivity index (χ2n) is 4.09. The molecule has 0 spiro atoms. The van der Waals surface area contributed by atoms with Crippen molar-refractivity contribution in [1.29, 1.82) is 0 Å². The Balaban J connectivity index is 2.39. The van der Waals surface area contributed by atoms with Crippen molar-refractivity contribution in [2.45, 2.75) is 13.5 Å². The molecule has 1 aromatic carbocycles. The number of hydrogen-bond acceptors (Lipinski definition) is 3. The Labute approximate surface area is 116 Å². The van der Waals surface area contributed by atoms with Gasteiger partial charge in [0, 0.05) is 17.8 Å². The molecule has 0 aliphatic heterocycles. The van der Waals surface area contributed by atoms with E-state index in [2.05, 4.69) is 10.4 Å². The molecule has 19 heavy (non-hydrogen) atoms. The highest BCUT2D eigenvalue weighted by molar-refractivity contribution is 6.30. The first kappa shape index (κ1) is 13.6. The highest BCUT2D eigenvalue weighted by atomic mass is 35.5. The van der Waals surface area contributed by atoms with Crippen LogP contribution < -0.4 is 11.1 Å². The molecule has 0 saturated carbocycles. The van der Waals surface area contributed by atoms with Gasteiger partial charge in [0.15, 0.2) is 0 Å². The molecule has 2 aromatic rings. The number of rotatable bonds is 5. The molecule has 1 heterocycles. The van der Waals surface area contributed by atoms with Crippen LogP contribution in [0.25, 0.3) is 5.69 Å². The summed E-state index contributed by atoms with van der Waals surface area (Å²) in [5.74, 6) is -0.492. The molecule has 1 amide bonds. The molecule has 100 valence electrons. The summed E-state index contributed by atoms with van der Waals surface area (Å²) in [6.07, 6.45) is 3.06. The molecule has 2 rings (SSSR count). The van der Waals surface area contributed by atoms with Gasteiger partial charge in [0.05, 0.1) is 17.4 Å². The molecule has 1 aromatic heterocycles. The summed E-state index contributed by atoms with van der Waals surface area (Å²) in [7, 11) is 0. The molecule has 5 nitrogen and oxygen atoms in total. The molecular formula is C13H15ClN4O. The quantitative estimate of drug-likeness (QED) is 0.875. The lowest BCUT2D eigenvalue weighted by molar-refractivity contribution is 0.100. The number of carbonyl (C=O) groups is 1. The summed E-state index contributed by atoms with van der Waals surface area (Å²) in [6, 6.07) is 5.54. The van der Waals surface area contributed by atoms with Gasteiger partial charge in [-0.05, 0) is 30.3 Å². The minimum Gasteiger partial charge on any atom is -0.366 e. The first-order valence-corrected chi connectivity index (χ1v) is 6.33. The predicted octanol–water partition coefficient (Wildman–Crippen LogP) is 1.73. The van der Waals surface area contributed by atoms with Crippen LogP contribution in [-0.2, 0) is 6.54 Å². The normalized spacial score (nSPS) is 10.6. The van der Waals surface area contributed by atoms with E-state index in [-0.39, 0.29) is 0 Å². The Morgan fingerprint density at radius 1 is 1.53 bits per heavy atom. The van der Waals surface area contributed by atoms with Crippen molar-refractivity contribution in [3.63, 3.8) is 0 Å². The average molecular weight is 279 g/mol. The van der Waals surface area contributed by atoms with Gasteiger partial charge in [-0.2, -0.15) is 5.10 Å². The Morgan fingerprint density at radius 2 is 2.32 bits per heavy atom. The third-order valence-corrected chi connectivity index (χ3v) is 2.96. The van der Waals surface area contributed by atoms with Crippen LogP contribution in [-0.4, -0.2) is 22.2 Å². The number of aromatic nitrogens is 2. The highest BCUT2D eigenvalue weighted by Gasteiger charge is 2.09. The lowest BCUT2D eigenvalue weighted by Crippen LogP contribution is -2.14. The van der Waals surface area contributed by atoms with Gasteiger partial charge in [-0.25, -0.2) is 4.68 Å². The molecule has 0 aliphatic carbocycles. The zero-order valence-corrected chi connectivity index (χ0v) is 11.3. The number of hydrogen-bond donors (Lipinski definition) is 2. The molecule has 0 saturated heterocycles. The summed E-state index contributed by atoms with van der Waals surface area (Å²) < 4.78 is 1.63. The third kappa shape index (κ3) is 3.13. The lowest BCUT2D eigenvalue weighted by Gasteiger charge is -2.10. The zero-order chi connectivity index (χ0) is 13.8. The van der Waals surface area contributed by atoms with Gasteiger partial charge in [0.25, 0.3) is 5.91 Å². The van der Waals surface area contributed by atoms with Crippen LogP contribution in [0.15, 0.2) is 30.6 Å². The van der Waals surface area contributed by atoms with E-state index in [1.54, 1.807) is 16.9 Å². The summed E-state index contributed by atoms with van der Waals surface area (Å²) in [6.45, 7) is 3.57. The van der Waals surface area contributed by atoms with Crippen molar-refractivity contribution in [2.24, 2.45) is 5.73 Å². The molecule has 0 fully saturated rings. The molecule has 0 radical (unpaired) electrons. The number of amides is 1. The summed E-state index contributed by atoms with van der Waals surface area (Å²) in [5.41, 5.74) is 7.48. The van der Waals surface area contributed by atoms with E-state index in [9.17, 15) is 4.79 Å². The standard InChI is InChI=1S/C13H15ClN4O/c1-2-16-6-9-5-11(14)3-4-12(9)18-8-10(7-17-18)13(15)19/h3-5,7-8,16H,2,6H2,1H3,(H2,15,19). The third-order valence-electron chi connectivity index (χ3n) is 2.72. The number of carbonyl (C=O) groups excluding carboxylic acids is 1. The largest absolute Gasteiger partial charge is 0.366 e. The van der Waals surface area contributed by atoms with E-state index < -0.39 is 5.91 Å². The van der Waals surface area contributed by atoms with E-state index in [0.29, 0.717) is 17.1 Å². The van der Waals surface area contributed by atoms with E-state index in [1.807, 2.05) is 19.1 Å². The fraction of sp³-hybridized carbons (Fsp3) is 0.231. The van der Waals surface area contributed by atoms with Crippen LogP contribution in [0, 0.1) is 0 Å². The van der Waals surface area contributed by atoms with Crippen molar-refractivity contribution >= 4 is 17.5 Å². The second-order valence-corrected chi connectivity index (χ2v) is 4.53. The van der Waals surface area contributed by atoms with Crippen LogP contribution >= 0.6 is 11.6 Å². The van der Waals surface area contributed by atoms with Crippen molar-refractivity contribution in [3.05, 3.63) is 46.7 Å². The van der Waals surface area contributed by atoms with Crippen molar-refractivity contribution in [3.8, 4) is 5.69 Å². The topological polar surface area (TPSA) is 72.9 Å². The SMILES string of the molecule is CCNCc1cc(Cl)ccc1-n1cc(C(N)=O)cn1. The van der Waals surface area contributed by atoms with Crippen LogP contribution in [0.3, 0.4) is 0 Å². The summed E-state index contributed by atoms with van der Waals surface area (Å²) in [4.78, 5) is 11.1. The maximum absolute atomic E-state index is 11.1. The zero-order valence-electron chi connectivity index (χ0n) is 10.6. The van der Waals surface area contributed by atoms with Crippen molar-refractivity contribution < 1.29 is 4.79 Å². The Hall–Kier alpha value is -1.85. The van der Waals surface area contributed by atoms with E-state index in [0.717, 1.165) is 17.8 Å². The first-order valence-electron chi connectivity index (χ1n) is 5.95. The maximum Gasteiger partial charge on any atom is 0.251 e. The molecule has 6 heteroatoms. The van der Waals surface area contributed by atoms with Gasteiger partial charge < -0.3 is 11.1 Å². The summed E-state index contributed by atoms with van der Waals surface area (Å²) in [5, 5.41) is 8.06. The van der Waals surface area contributed by atoms with Gasteiger partial charge >= 0.3 is 0 Å². The Kier molecular flexibility index (Phi) is 4.19. The smallest absolute Gasteiger partial charge is 0.251 e. The van der Waals surface area contributed by atoms with Crippen LogP contribution in [0.5, 0.6) is 0 Å². The minimum absolute atomic E-state index is 0.379. The van der Waals surface area contributed by atoms with Crippen LogP contribution in [0.4, 0.5) is 0 Å². The molecule has 0 unspecified atom stereocenters. The minimum atomic E-state index is -0.492. The van der Waals surface area contributed by atoms with Gasteiger partial charge in [-0.1, -0.05) is 18.5 Å². The fourth-order valence-corrected chi connectivity index (χ4v) is 1.96. The lowest BCUT2D eigenvalue weighted by atomic mass is 10.1. The fourth-order valence-electron chi connectivity index (χ4n) is 1.76. The number of nitrogens with two attached hydrogens (primary N) is 1. The van der Waals surface area contributed by atoms with Gasteiger partial charge in [-0.3, -0.25) is 4.79 Å². The average Bonchev–Trinajstić information content (AvgIpc) is 2.86. The molecule has 0 bridgehead atoms. The molecule has 3 N–H and O–H groups in total. The number of benzene rings is 1. The van der Waals surface area contributed by atoms with Gasteiger partial charge in [-0.15, -0.1) is 0 Å². The van der Waals surface area contributed by atoms with E-state index in [1.165, 1.54) is 6.20 Å². The molecule has 0 aliphatic rings. The van der Waals surface area contributed by atoms with Crippen molar-refractivity contribution in [2.75, 3.05) is 6.54 Å². The van der Waals surface area contributed by atoms with E-state index in [4.69, 9.17) is 17.3 Å². The second kappa shape index (κ2) is 5.86. The van der Waals surface area contributed by atoms with Gasteiger partial charge in [0.2, 0.25) is 0 Å². The van der Waals surface area contributed by atoms with E-state index >= 15 is 0 Å². The molecular weight excluding hydrogens is 264 g/mol. The number of halogens is 1. The highest BCUT2D eigenvalue weighted by Crippen LogP contribution is 2.19. The maximum atomic E-state index is 11.1. The monoisotopic (exact) mass is 278 g/mol. The van der Waals surface area contributed by atoms with Gasteiger partial charge in [0.1, 0.15) is 0 Å². The Bertz CT molecular complexity index is 594. The number of nitrogens with one attached hydrogen (secondary N) is 1. The Morgan fingerprint density at radius 3 is 2.95 bits per heavy atom. The first-order chi connectivity index (χ1) is 9.11. The molecule has 0 atom stereocenters. The van der Waals surface area contributed by atoms with Crippen LogP contribution in [0.2, 0.25) is 5.02 Å². The number of nitrogens with zero attached hydrogens (tertiary/aromatic N) is 2. The van der Waals surface area contributed by atoms with Crippen LogP contribution in [0.1, 0.15) is 22.8 Å². The summed E-state index contributed by atoms with van der Waals surface area (Å²) >= 11 is 6.01.